The second-order valence-electron chi connectivity index (χ2n) is 3.81. The minimum absolute atomic E-state index is 0.0120. The molecule has 0 saturated heterocycles. The Balaban J connectivity index is 2.31. The van der Waals surface area contributed by atoms with Crippen LogP contribution in [0.15, 0.2) is 28.8 Å². The Bertz CT molecular complexity index is 654. The van der Waals surface area contributed by atoms with E-state index in [1.54, 1.807) is 6.92 Å². The van der Waals surface area contributed by atoms with Crippen molar-refractivity contribution in [1.82, 2.24) is 5.16 Å². The van der Waals surface area contributed by atoms with Gasteiger partial charge in [0.2, 0.25) is 5.76 Å². The van der Waals surface area contributed by atoms with Gasteiger partial charge in [0.15, 0.2) is 0 Å². The number of nitrogens with two attached hydrogens (primary N) is 1. The molecule has 1 aromatic heterocycles. The zero-order valence-electron chi connectivity index (χ0n) is 9.94. The van der Waals surface area contributed by atoms with Crippen molar-refractivity contribution in [1.29, 1.82) is 0 Å². The number of rotatable bonds is 3. The van der Waals surface area contributed by atoms with Gasteiger partial charge < -0.3 is 15.6 Å². The number of nitrogens with zero attached hydrogens (tertiary/aromatic N) is 1. The Morgan fingerprint density at radius 1 is 1.53 bits per heavy atom. The average molecular weight is 279 g/mol. The molecule has 98 valence electrons. The molecule has 0 fully saturated rings. The van der Waals surface area contributed by atoms with E-state index in [-0.39, 0.29) is 22.0 Å². The third-order valence-corrected chi connectivity index (χ3v) is 2.56. The Morgan fingerprint density at radius 3 is 2.84 bits per heavy atom. The van der Waals surface area contributed by atoms with Crippen LogP contribution in [0.2, 0.25) is 0 Å². The van der Waals surface area contributed by atoms with Crippen LogP contribution >= 0.6 is 12.2 Å². The van der Waals surface area contributed by atoms with E-state index in [9.17, 15) is 9.18 Å². The highest BCUT2D eigenvalue weighted by molar-refractivity contribution is 7.80. The Hall–Kier alpha value is -2.28. The summed E-state index contributed by atoms with van der Waals surface area (Å²) in [5.74, 6) is -1.13. The molecule has 0 atom stereocenters. The first-order valence-electron chi connectivity index (χ1n) is 5.32. The minimum atomic E-state index is -0.598. The van der Waals surface area contributed by atoms with E-state index in [0.29, 0.717) is 5.69 Å². The second kappa shape index (κ2) is 5.15. The van der Waals surface area contributed by atoms with E-state index >= 15 is 0 Å². The van der Waals surface area contributed by atoms with Crippen LogP contribution in [0.25, 0.3) is 0 Å². The van der Waals surface area contributed by atoms with Crippen LogP contribution in [0.3, 0.4) is 0 Å². The lowest BCUT2D eigenvalue weighted by Gasteiger charge is -2.09. The number of anilines is 1. The Labute approximate surface area is 113 Å². The summed E-state index contributed by atoms with van der Waals surface area (Å²) in [5.41, 5.74) is 6.18. The average Bonchev–Trinajstić information content (AvgIpc) is 2.75. The first-order valence-corrected chi connectivity index (χ1v) is 5.73. The fraction of sp³-hybridized carbons (Fsp3) is 0.0833. The monoisotopic (exact) mass is 279 g/mol. The van der Waals surface area contributed by atoms with Crippen molar-refractivity contribution in [3.05, 3.63) is 47.1 Å². The van der Waals surface area contributed by atoms with E-state index in [4.69, 9.17) is 22.5 Å². The van der Waals surface area contributed by atoms with Crippen LogP contribution in [-0.4, -0.2) is 16.1 Å². The van der Waals surface area contributed by atoms with Crippen molar-refractivity contribution < 1.29 is 13.7 Å². The fourth-order valence-electron chi connectivity index (χ4n) is 1.53. The molecule has 0 radical (unpaired) electrons. The molecule has 5 nitrogen and oxygen atoms in total. The standard InChI is InChI=1S/C12H10FN3O2S/c1-6-5-9(18-16-6)12(17)15-8-4-2-3-7(13)10(8)11(14)19/h2-5H,1H3,(H2,14,19)(H,15,17). The van der Waals surface area contributed by atoms with Crippen molar-refractivity contribution in [3.8, 4) is 0 Å². The van der Waals surface area contributed by atoms with Crippen molar-refractivity contribution >= 4 is 28.8 Å². The first kappa shape index (κ1) is 13.2. The molecule has 7 heteroatoms. The number of carbonyl (C=O) groups excluding carboxylic acids is 1. The molecule has 2 aromatic rings. The number of hydrogen-bond acceptors (Lipinski definition) is 4. The molecule has 3 N–H and O–H groups in total. The predicted octanol–water partition coefficient (Wildman–Crippen LogP) is 2.01. The van der Waals surface area contributed by atoms with Gasteiger partial charge in [-0.3, -0.25) is 4.79 Å². The normalized spacial score (nSPS) is 10.2. The number of benzene rings is 1. The molecule has 1 amide bonds. The molecule has 2 rings (SSSR count). The van der Waals surface area contributed by atoms with Gasteiger partial charge in [-0.05, 0) is 19.1 Å². The van der Waals surface area contributed by atoms with E-state index in [1.807, 2.05) is 0 Å². The van der Waals surface area contributed by atoms with Gasteiger partial charge >= 0.3 is 0 Å². The van der Waals surface area contributed by atoms with E-state index in [1.165, 1.54) is 24.3 Å². The molecule has 0 bridgehead atoms. The summed E-state index contributed by atoms with van der Waals surface area (Å²) in [7, 11) is 0. The first-order chi connectivity index (χ1) is 8.99. The maximum absolute atomic E-state index is 13.6. The fourth-order valence-corrected chi connectivity index (χ4v) is 1.74. The molecular weight excluding hydrogens is 269 g/mol. The third kappa shape index (κ3) is 2.76. The highest BCUT2D eigenvalue weighted by Crippen LogP contribution is 2.19. The lowest BCUT2D eigenvalue weighted by atomic mass is 10.1. The number of thiocarbonyl (C=S) groups is 1. The number of nitrogens with one attached hydrogen (secondary N) is 1. The van der Waals surface area contributed by atoms with Crippen LogP contribution in [0, 0.1) is 12.7 Å². The van der Waals surface area contributed by atoms with E-state index in [2.05, 4.69) is 10.5 Å². The lowest BCUT2D eigenvalue weighted by molar-refractivity contribution is 0.0988. The smallest absolute Gasteiger partial charge is 0.294 e. The summed E-state index contributed by atoms with van der Waals surface area (Å²) in [6.07, 6.45) is 0. The van der Waals surface area contributed by atoms with Gasteiger partial charge in [0.1, 0.15) is 10.8 Å². The van der Waals surface area contributed by atoms with Crippen molar-refractivity contribution in [2.75, 3.05) is 5.32 Å². The van der Waals surface area contributed by atoms with E-state index < -0.39 is 11.7 Å². The quantitative estimate of drug-likeness (QED) is 0.840. The summed E-state index contributed by atoms with van der Waals surface area (Å²) < 4.78 is 18.4. The van der Waals surface area contributed by atoms with Gasteiger partial charge in [-0.1, -0.05) is 23.4 Å². The van der Waals surface area contributed by atoms with Crippen LogP contribution in [0.1, 0.15) is 21.8 Å². The minimum Gasteiger partial charge on any atom is -0.389 e. The van der Waals surface area contributed by atoms with Crippen molar-refractivity contribution in [2.24, 2.45) is 5.73 Å². The van der Waals surface area contributed by atoms with Gasteiger partial charge in [0.05, 0.1) is 16.9 Å². The van der Waals surface area contributed by atoms with Crippen LogP contribution in [-0.2, 0) is 0 Å². The van der Waals surface area contributed by atoms with Crippen molar-refractivity contribution in [3.63, 3.8) is 0 Å². The number of amides is 1. The molecule has 0 aliphatic rings. The molecule has 19 heavy (non-hydrogen) atoms. The zero-order chi connectivity index (χ0) is 14.0. The van der Waals surface area contributed by atoms with Gasteiger partial charge in [0, 0.05) is 6.07 Å². The number of aryl methyl sites for hydroxylation is 1. The summed E-state index contributed by atoms with van der Waals surface area (Å²) in [5, 5.41) is 6.08. The summed E-state index contributed by atoms with van der Waals surface area (Å²) >= 11 is 4.76. The topological polar surface area (TPSA) is 81.2 Å². The SMILES string of the molecule is Cc1cc(C(=O)Nc2cccc(F)c2C(N)=S)on1. The molecule has 1 aromatic carbocycles. The number of halogens is 1. The molecule has 0 aliphatic heterocycles. The largest absolute Gasteiger partial charge is 0.389 e. The van der Waals surface area contributed by atoms with Crippen LogP contribution in [0.5, 0.6) is 0 Å². The third-order valence-electron chi connectivity index (χ3n) is 2.36. The van der Waals surface area contributed by atoms with Gasteiger partial charge in [0.25, 0.3) is 5.91 Å². The van der Waals surface area contributed by atoms with E-state index in [0.717, 1.165) is 0 Å². The van der Waals surface area contributed by atoms with Gasteiger partial charge in [-0.25, -0.2) is 4.39 Å². The number of carbonyl (C=O) groups is 1. The zero-order valence-corrected chi connectivity index (χ0v) is 10.8. The Morgan fingerprint density at radius 2 is 2.26 bits per heavy atom. The molecular formula is C12H10FN3O2S. The highest BCUT2D eigenvalue weighted by Gasteiger charge is 2.16. The maximum Gasteiger partial charge on any atom is 0.294 e. The number of hydrogen-bond donors (Lipinski definition) is 2. The highest BCUT2D eigenvalue weighted by atomic mass is 32.1. The molecule has 0 spiro atoms. The number of aromatic nitrogens is 1. The lowest BCUT2D eigenvalue weighted by Crippen LogP contribution is -2.18. The summed E-state index contributed by atoms with van der Waals surface area (Å²) in [6.45, 7) is 1.68. The molecule has 0 aliphatic carbocycles. The molecule has 1 heterocycles. The van der Waals surface area contributed by atoms with Crippen LogP contribution < -0.4 is 11.1 Å². The predicted molar refractivity (Wildman–Crippen MR) is 71.5 cm³/mol. The van der Waals surface area contributed by atoms with Gasteiger partial charge in [-0.15, -0.1) is 0 Å². The summed E-state index contributed by atoms with van der Waals surface area (Å²) in [4.78, 5) is 11.7. The van der Waals surface area contributed by atoms with Gasteiger partial charge in [-0.2, -0.15) is 0 Å². The molecule has 0 unspecified atom stereocenters. The van der Waals surface area contributed by atoms with Crippen LogP contribution in [0.4, 0.5) is 10.1 Å². The molecule has 0 saturated carbocycles. The Kier molecular flexibility index (Phi) is 3.57. The maximum atomic E-state index is 13.6. The second-order valence-corrected chi connectivity index (χ2v) is 4.25. The summed E-state index contributed by atoms with van der Waals surface area (Å²) in [6, 6.07) is 5.62. The van der Waals surface area contributed by atoms with Crippen molar-refractivity contribution in [2.45, 2.75) is 6.92 Å².